The molecule has 1 amide bonds. The van der Waals surface area contributed by atoms with Crippen LogP contribution in [-0.4, -0.2) is 23.2 Å². The van der Waals surface area contributed by atoms with Gasteiger partial charge < -0.3 is 10.4 Å². The third kappa shape index (κ3) is 2.54. The minimum absolute atomic E-state index is 0.169. The van der Waals surface area contributed by atoms with Gasteiger partial charge in [-0.25, -0.2) is 0 Å². The summed E-state index contributed by atoms with van der Waals surface area (Å²) in [5.41, 5.74) is -0.116. The Labute approximate surface area is 99.4 Å². The topological polar surface area (TPSA) is 49.3 Å². The largest absolute Gasteiger partial charge is 0.388 e. The molecule has 2 N–H and O–H groups in total. The molecule has 0 unspecified atom stereocenters. The highest BCUT2D eigenvalue weighted by Gasteiger charge is 2.34. The van der Waals surface area contributed by atoms with Crippen molar-refractivity contribution in [2.24, 2.45) is 0 Å². The molecule has 0 aromatic heterocycles. The standard InChI is InChI=1S/C12H14ClNO2/c13-10-4-2-9(3-5-10)11(15)14-8-12(16)6-1-7-12/h2-5,16H,1,6-8H2,(H,14,15). The Hall–Kier alpha value is -1.06. The molecule has 0 radical (unpaired) electrons. The van der Waals surface area contributed by atoms with Gasteiger partial charge in [0.1, 0.15) is 0 Å². The zero-order valence-electron chi connectivity index (χ0n) is 8.87. The van der Waals surface area contributed by atoms with Crippen LogP contribution in [0, 0.1) is 0 Å². The normalized spacial score (nSPS) is 17.6. The highest BCUT2D eigenvalue weighted by Crippen LogP contribution is 2.30. The summed E-state index contributed by atoms with van der Waals surface area (Å²) in [7, 11) is 0. The fourth-order valence-corrected chi connectivity index (χ4v) is 1.84. The van der Waals surface area contributed by atoms with Crippen LogP contribution in [0.3, 0.4) is 0 Å². The smallest absolute Gasteiger partial charge is 0.251 e. The summed E-state index contributed by atoms with van der Waals surface area (Å²) in [4.78, 5) is 11.7. The van der Waals surface area contributed by atoms with Crippen LogP contribution in [0.2, 0.25) is 5.02 Å². The molecule has 2 rings (SSSR count). The molecule has 16 heavy (non-hydrogen) atoms. The molecule has 1 saturated carbocycles. The Morgan fingerprint density at radius 2 is 2.00 bits per heavy atom. The van der Waals surface area contributed by atoms with E-state index in [-0.39, 0.29) is 5.91 Å². The fourth-order valence-electron chi connectivity index (χ4n) is 1.71. The summed E-state index contributed by atoms with van der Waals surface area (Å²) in [5, 5.41) is 13.1. The zero-order valence-corrected chi connectivity index (χ0v) is 9.63. The molecule has 0 atom stereocenters. The van der Waals surface area contributed by atoms with E-state index >= 15 is 0 Å². The van der Waals surface area contributed by atoms with E-state index in [2.05, 4.69) is 5.32 Å². The number of carbonyl (C=O) groups is 1. The molecule has 3 nitrogen and oxygen atoms in total. The Kier molecular flexibility index (Phi) is 3.17. The first-order valence-electron chi connectivity index (χ1n) is 5.35. The van der Waals surface area contributed by atoms with Crippen LogP contribution in [0.25, 0.3) is 0 Å². The van der Waals surface area contributed by atoms with Crippen molar-refractivity contribution in [3.8, 4) is 0 Å². The van der Waals surface area contributed by atoms with Gasteiger partial charge >= 0.3 is 0 Å². The lowest BCUT2D eigenvalue weighted by atomic mass is 9.80. The first-order chi connectivity index (χ1) is 7.59. The Morgan fingerprint density at radius 3 is 2.50 bits per heavy atom. The molecular weight excluding hydrogens is 226 g/mol. The molecule has 1 aliphatic carbocycles. The number of carbonyl (C=O) groups excluding carboxylic acids is 1. The van der Waals surface area contributed by atoms with Crippen molar-refractivity contribution in [1.82, 2.24) is 5.32 Å². The molecular formula is C12H14ClNO2. The van der Waals surface area contributed by atoms with Crippen LogP contribution in [-0.2, 0) is 0 Å². The minimum Gasteiger partial charge on any atom is -0.388 e. The van der Waals surface area contributed by atoms with Gasteiger partial charge in [-0.15, -0.1) is 0 Å². The predicted molar refractivity (Wildman–Crippen MR) is 62.6 cm³/mol. The van der Waals surface area contributed by atoms with E-state index in [9.17, 15) is 9.90 Å². The Bertz CT molecular complexity index is 385. The molecule has 0 spiro atoms. The minimum atomic E-state index is -0.678. The zero-order chi connectivity index (χ0) is 11.6. The van der Waals surface area contributed by atoms with Crippen LogP contribution in [0.4, 0.5) is 0 Å². The lowest BCUT2D eigenvalue weighted by Gasteiger charge is -2.36. The van der Waals surface area contributed by atoms with Gasteiger partial charge in [0.15, 0.2) is 0 Å². The van der Waals surface area contributed by atoms with Crippen LogP contribution in [0.5, 0.6) is 0 Å². The lowest BCUT2D eigenvalue weighted by molar-refractivity contribution is -0.0300. The average Bonchev–Trinajstić information content (AvgIpc) is 2.24. The highest BCUT2D eigenvalue weighted by molar-refractivity contribution is 6.30. The second-order valence-corrected chi connectivity index (χ2v) is 4.70. The summed E-state index contributed by atoms with van der Waals surface area (Å²) in [5.74, 6) is -0.169. The molecule has 4 heteroatoms. The van der Waals surface area contributed by atoms with E-state index in [1.165, 1.54) is 0 Å². The molecule has 0 heterocycles. The number of amides is 1. The van der Waals surface area contributed by atoms with Crippen LogP contribution < -0.4 is 5.32 Å². The SMILES string of the molecule is O=C(NCC1(O)CCC1)c1ccc(Cl)cc1. The molecule has 1 aromatic carbocycles. The number of hydrogen-bond acceptors (Lipinski definition) is 2. The molecule has 0 bridgehead atoms. The molecule has 1 fully saturated rings. The van der Waals surface area contributed by atoms with Crippen molar-refractivity contribution < 1.29 is 9.90 Å². The maximum absolute atomic E-state index is 11.7. The van der Waals surface area contributed by atoms with E-state index in [0.717, 1.165) is 19.3 Å². The van der Waals surface area contributed by atoms with Crippen molar-refractivity contribution >= 4 is 17.5 Å². The molecule has 86 valence electrons. The van der Waals surface area contributed by atoms with Gasteiger partial charge in [0.05, 0.1) is 5.60 Å². The third-order valence-electron chi connectivity index (χ3n) is 2.97. The van der Waals surface area contributed by atoms with E-state index in [1.54, 1.807) is 24.3 Å². The van der Waals surface area contributed by atoms with E-state index < -0.39 is 5.60 Å². The van der Waals surface area contributed by atoms with Gasteiger partial charge in [0.2, 0.25) is 0 Å². The Balaban J connectivity index is 1.90. The summed E-state index contributed by atoms with van der Waals surface area (Å²) >= 11 is 5.73. The van der Waals surface area contributed by atoms with E-state index in [4.69, 9.17) is 11.6 Å². The van der Waals surface area contributed by atoms with Crippen molar-refractivity contribution in [3.05, 3.63) is 34.9 Å². The summed E-state index contributed by atoms with van der Waals surface area (Å²) in [6.07, 6.45) is 2.58. The average molecular weight is 240 g/mol. The van der Waals surface area contributed by atoms with Gasteiger partial charge in [0, 0.05) is 17.1 Å². The van der Waals surface area contributed by atoms with Gasteiger partial charge in [-0.05, 0) is 43.5 Å². The summed E-state index contributed by atoms with van der Waals surface area (Å²) < 4.78 is 0. The maximum Gasteiger partial charge on any atom is 0.251 e. The number of rotatable bonds is 3. The van der Waals surface area contributed by atoms with Crippen molar-refractivity contribution in [2.45, 2.75) is 24.9 Å². The van der Waals surface area contributed by atoms with Crippen LogP contribution in [0.15, 0.2) is 24.3 Å². The first kappa shape index (κ1) is 11.4. The molecule has 1 aromatic rings. The van der Waals surface area contributed by atoms with Gasteiger partial charge in [-0.2, -0.15) is 0 Å². The fraction of sp³-hybridized carbons (Fsp3) is 0.417. The van der Waals surface area contributed by atoms with Gasteiger partial charge in [-0.3, -0.25) is 4.79 Å². The maximum atomic E-state index is 11.7. The number of benzene rings is 1. The Morgan fingerprint density at radius 1 is 1.38 bits per heavy atom. The van der Waals surface area contributed by atoms with Gasteiger partial charge in [0.25, 0.3) is 5.91 Å². The second-order valence-electron chi connectivity index (χ2n) is 4.27. The number of aliphatic hydroxyl groups is 1. The number of nitrogens with one attached hydrogen (secondary N) is 1. The van der Waals surface area contributed by atoms with Crippen molar-refractivity contribution in [3.63, 3.8) is 0 Å². The van der Waals surface area contributed by atoms with Crippen LogP contribution in [0.1, 0.15) is 29.6 Å². The third-order valence-corrected chi connectivity index (χ3v) is 3.22. The van der Waals surface area contributed by atoms with Gasteiger partial charge in [-0.1, -0.05) is 11.6 Å². The number of halogens is 1. The van der Waals surface area contributed by atoms with Crippen LogP contribution >= 0.6 is 11.6 Å². The molecule has 0 aliphatic heterocycles. The second kappa shape index (κ2) is 4.44. The summed E-state index contributed by atoms with van der Waals surface area (Å²) in [6.45, 7) is 0.328. The monoisotopic (exact) mass is 239 g/mol. The summed E-state index contributed by atoms with van der Waals surface area (Å²) in [6, 6.07) is 6.69. The van der Waals surface area contributed by atoms with E-state index in [0.29, 0.717) is 17.1 Å². The number of hydrogen-bond donors (Lipinski definition) is 2. The highest BCUT2D eigenvalue weighted by atomic mass is 35.5. The van der Waals surface area contributed by atoms with Crippen molar-refractivity contribution in [1.29, 1.82) is 0 Å². The lowest BCUT2D eigenvalue weighted by Crippen LogP contribution is -2.47. The molecule has 0 saturated heterocycles. The molecule has 1 aliphatic rings. The quantitative estimate of drug-likeness (QED) is 0.848. The van der Waals surface area contributed by atoms with Crippen molar-refractivity contribution in [2.75, 3.05) is 6.54 Å². The predicted octanol–water partition coefficient (Wildman–Crippen LogP) is 1.98. The van der Waals surface area contributed by atoms with E-state index in [1.807, 2.05) is 0 Å². The first-order valence-corrected chi connectivity index (χ1v) is 5.73.